The maximum absolute atomic E-state index is 11.5. The number of alkyl carbamates (subject to hydrolysis) is 1. The van der Waals surface area contributed by atoms with E-state index in [0.29, 0.717) is 49.3 Å². The van der Waals surface area contributed by atoms with E-state index in [0.717, 1.165) is 6.40 Å². The van der Waals surface area contributed by atoms with E-state index < -0.39 is 35.6 Å². The first kappa shape index (κ1) is 36.1. The summed E-state index contributed by atoms with van der Waals surface area (Å²) in [6, 6.07) is 0. The van der Waals surface area contributed by atoms with Crippen LogP contribution in [0.2, 0.25) is 0 Å². The molecular formula is C21H38N4O9S4. The van der Waals surface area contributed by atoms with Crippen molar-refractivity contribution in [1.82, 2.24) is 16.0 Å². The lowest BCUT2D eigenvalue weighted by Gasteiger charge is -2.19. The van der Waals surface area contributed by atoms with Gasteiger partial charge in [0.1, 0.15) is 11.2 Å². The van der Waals surface area contributed by atoms with Crippen LogP contribution in [0.15, 0.2) is 4.99 Å². The summed E-state index contributed by atoms with van der Waals surface area (Å²) >= 11 is 0. The van der Waals surface area contributed by atoms with Gasteiger partial charge < -0.3 is 30.2 Å². The van der Waals surface area contributed by atoms with Crippen LogP contribution in [0.25, 0.3) is 0 Å². The van der Waals surface area contributed by atoms with Crippen LogP contribution in [0.5, 0.6) is 0 Å². The summed E-state index contributed by atoms with van der Waals surface area (Å²) in [6.07, 6.45) is -1.87. The standard InChI is InChI=1S/C21H38N4O9S4/c1-20(2,3)31-16(26)22-7-11-35-36-12-8-23-18(28)33-34-19(29)24-9-13-37-38-14-10-30-15-25-17(27)32-21(4,5)6/h15H,7-14H2,1-6H3,(H,22,26)(H,23,28)(H,24,29)/b25-15+. The Morgan fingerprint density at radius 2 is 1.08 bits per heavy atom. The molecule has 220 valence electrons. The van der Waals surface area contributed by atoms with Crippen molar-refractivity contribution in [2.24, 2.45) is 4.99 Å². The molecule has 0 bridgehead atoms. The summed E-state index contributed by atoms with van der Waals surface area (Å²) in [5.74, 6) is 2.49. The van der Waals surface area contributed by atoms with Gasteiger partial charge in [0.2, 0.25) is 0 Å². The fraction of sp³-hybridized carbons (Fsp3) is 0.762. The van der Waals surface area contributed by atoms with Gasteiger partial charge in [-0.1, -0.05) is 43.2 Å². The molecule has 0 heterocycles. The first-order valence-electron chi connectivity index (χ1n) is 11.5. The van der Waals surface area contributed by atoms with Gasteiger partial charge in [0, 0.05) is 42.6 Å². The van der Waals surface area contributed by atoms with Gasteiger partial charge in [-0.15, -0.1) is 4.99 Å². The molecule has 3 N–H and O–H groups in total. The van der Waals surface area contributed by atoms with Crippen molar-refractivity contribution in [3.05, 3.63) is 0 Å². The average molecular weight is 619 g/mol. The van der Waals surface area contributed by atoms with E-state index >= 15 is 0 Å². The molecule has 0 aromatic heterocycles. The molecule has 0 atom stereocenters. The average Bonchev–Trinajstić information content (AvgIpc) is 2.78. The van der Waals surface area contributed by atoms with E-state index in [1.807, 2.05) is 0 Å². The van der Waals surface area contributed by atoms with E-state index in [1.165, 1.54) is 43.2 Å². The second-order valence-electron chi connectivity index (χ2n) is 8.90. The largest absolute Gasteiger partial charge is 0.482 e. The maximum atomic E-state index is 11.5. The number of carbonyl (C=O) groups is 4. The number of ether oxygens (including phenoxy) is 3. The molecule has 0 aliphatic heterocycles. The minimum absolute atomic E-state index is 0.305. The first-order valence-corrected chi connectivity index (χ1v) is 16.5. The Balaban J connectivity index is 3.52. The molecule has 0 rings (SSSR count). The van der Waals surface area contributed by atoms with Crippen LogP contribution in [0.4, 0.5) is 19.2 Å². The van der Waals surface area contributed by atoms with Crippen molar-refractivity contribution >= 4 is 73.9 Å². The highest BCUT2D eigenvalue weighted by atomic mass is 33.1. The van der Waals surface area contributed by atoms with Gasteiger partial charge in [0.15, 0.2) is 6.40 Å². The Kier molecular flexibility index (Phi) is 20.0. The molecule has 0 aliphatic carbocycles. The third-order valence-electron chi connectivity index (χ3n) is 3.03. The predicted octanol–water partition coefficient (Wildman–Crippen LogP) is 4.62. The molecule has 0 spiro atoms. The fourth-order valence-electron chi connectivity index (χ4n) is 1.77. The van der Waals surface area contributed by atoms with Gasteiger partial charge in [-0.2, -0.15) is 0 Å². The third-order valence-corrected chi connectivity index (χ3v) is 7.81. The van der Waals surface area contributed by atoms with Gasteiger partial charge in [-0.3, -0.25) is 0 Å². The van der Waals surface area contributed by atoms with Crippen LogP contribution in [0, 0.1) is 0 Å². The normalized spacial score (nSPS) is 11.4. The van der Waals surface area contributed by atoms with E-state index in [2.05, 4.69) is 30.7 Å². The number of rotatable bonds is 15. The Labute approximate surface area is 239 Å². The maximum Gasteiger partial charge on any atom is 0.450 e. The third kappa shape index (κ3) is 27.2. The quantitative estimate of drug-likeness (QED) is 0.0582. The Bertz CT molecular complexity index is 747. The van der Waals surface area contributed by atoms with Gasteiger partial charge in [0.25, 0.3) is 0 Å². The van der Waals surface area contributed by atoms with Crippen molar-refractivity contribution in [2.45, 2.75) is 52.7 Å². The van der Waals surface area contributed by atoms with Crippen molar-refractivity contribution in [3.63, 3.8) is 0 Å². The fourth-order valence-corrected chi connectivity index (χ4v) is 5.33. The number of hydrogen-bond acceptors (Lipinski definition) is 13. The Morgan fingerprint density at radius 3 is 1.53 bits per heavy atom. The molecule has 17 heteroatoms. The van der Waals surface area contributed by atoms with Crippen LogP contribution in [0.3, 0.4) is 0 Å². The molecule has 4 amide bonds. The van der Waals surface area contributed by atoms with Crippen molar-refractivity contribution < 1.29 is 43.2 Å². The molecule has 0 fully saturated rings. The van der Waals surface area contributed by atoms with Crippen LogP contribution in [0.1, 0.15) is 41.5 Å². The zero-order chi connectivity index (χ0) is 28.9. The van der Waals surface area contributed by atoms with Gasteiger partial charge >= 0.3 is 24.4 Å². The topological polar surface area (TPSA) is 163 Å². The second-order valence-corrected chi connectivity index (χ2v) is 14.3. The molecule has 38 heavy (non-hydrogen) atoms. The zero-order valence-electron chi connectivity index (χ0n) is 22.5. The summed E-state index contributed by atoms with van der Waals surface area (Å²) in [6.45, 7) is 12.1. The monoisotopic (exact) mass is 618 g/mol. The van der Waals surface area contributed by atoms with Crippen LogP contribution in [-0.4, -0.2) is 91.2 Å². The summed E-state index contributed by atoms with van der Waals surface area (Å²) < 4.78 is 15.2. The highest BCUT2D eigenvalue weighted by molar-refractivity contribution is 8.77. The van der Waals surface area contributed by atoms with Crippen molar-refractivity contribution in [1.29, 1.82) is 0 Å². The Hall–Kier alpha value is -1.85. The number of amides is 4. The molecule has 13 nitrogen and oxygen atoms in total. The van der Waals surface area contributed by atoms with Crippen LogP contribution >= 0.6 is 43.2 Å². The van der Waals surface area contributed by atoms with Crippen molar-refractivity contribution in [3.8, 4) is 0 Å². The summed E-state index contributed by atoms with van der Waals surface area (Å²) in [5, 5.41) is 7.55. The molecular weight excluding hydrogens is 581 g/mol. The molecule has 0 aromatic rings. The molecule has 0 saturated heterocycles. The molecule has 0 unspecified atom stereocenters. The van der Waals surface area contributed by atoms with Gasteiger partial charge in [-0.25, -0.2) is 29.0 Å². The van der Waals surface area contributed by atoms with Gasteiger partial charge in [-0.05, 0) is 41.5 Å². The van der Waals surface area contributed by atoms with E-state index in [4.69, 9.17) is 14.2 Å². The SMILES string of the molecule is CC(C)(C)OC(=O)/N=C/OCCSSCCNC(=O)OOC(=O)NCCSSCCNC(=O)OC(C)(C)C. The minimum Gasteiger partial charge on any atom is -0.482 e. The lowest BCUT2D eigenvalue weighted by Crippen LogP contribution is -2.33. The zero-order valence-corrected chi connectivity index (χ0v) is 25.8. The molecule has 0 aliphatic rings. The Morgan fingerprint density at radius 1 is 0.658 bits per heavy atom. The predicted molar refractivity (Wildman–Crippen MR) is 154 cm³/mol. The summed E-state index contributed by atoms with van der Waals surface area (Å²) in [7, 11) is 6.04. The van der Waals surface area contributed by atoms with E-state index in [9.17, 15) is 19.2 Å². The number of carbonyl (C=O) groups excluding carboxylic acids is 4. The first-order chi connectivity index (χ1) is 17.8. The number of nitrogens with one attached hydrogen (secondary N) is 3. The lowest BCUT2D eigenvalue weighted by atomic mass is 10.2. The lowest BCUT2D eigenvalue weighted by molar-refractivity contribution is -0.178. The van der Waals surface area contributed by atoms with Crippen LogP contribution in [-0.2, 0) is 24.0 Å². The molecule has 0 radical (unpaired) electrons. The number of aliphatic imine (C=N–C) groups is 1. The van der Waals surface area contributed by atoms with Gasteiger partial charge in [0.05, 0.1) is 6.61 Å². The summed E-state index contributed by atoms with van der Waals surface area (Å²) in [5.41, 5.74) is -1.14. The van der Waals surface area contributed by atoms with E-state index in [1.54, 1.807) is 41.5 Å². The smallest absolute Gasteiger partial charge is 0.450 e. The summed E-state index contributed by atoms with van der Waals surface area (Å²) in [4.78, 5) is 58.2. The molecule has 0 aromatic carbocycles. The highest BCUT2D eigenvalue weighted by Crippen LogP contribution is 2.20. The number of nitrogens with zero attached hydrogens (tertiary/aromatic N) is 1. The molecule has 0 saturated carbocycles. The number of hydrogen-bond donors (Lipinski definition) is 3. The van der Waals surface area contributed by atoms with E-state index in [-0.39, 0.29) is 0 Å². The second kappa shape index (κ2) is 21.0. The van der Waals surface area contributed by atoms with Crippen molar-refractivity contribution in [2.75, 3.05) is 49.3 Å². The highest BCUT2D eigenvalue weighted by Gasteiger charge is 2.16. The van der Waals surface area contributed by atoms with Crippen LogP contribution < -0.4 is 16.0 Å². The minimum atomic E-state index is -0.880.